The molecule has 0 spiro atoms. The Kier molecular flexibility index (Phi) is 5.54. The van der Waals surface area contributed by atoms with Crippen LogP contribution in [-0.2, 0) is 6.54 Å². The normalized spacial score (nSPS) is 19.3. The summed E-state index contributed by atoms with van der Waals surface area (Å²) in [6.07, 6.45) is 3.76. The quantitative estimate of drug-likeness (QED) is 0.706. The van der Waals surface area contributed by atoms with Gasteiger partial charge in [0.15, 0.2) is 0 Å². The number of nitrogens with one attached hydrogen (secondary N) is 3. The van der Waals surface area contributed by atoms with Gasteiger partial charge in [-0.3, -0.25) is 0 Å². The summed E-state index contributed by atoms with van der Waals surface area (Å²) in [5.74, 6) is -0.477. The highest BCUT2D eigenvalue weighted by Crippen LogP contribution is 2.31. The van der Waals surface area contributed by atoms with Crippen molar-refractivity contribution in [1.82, 2.24) is 25.4 Å². The Balaban J connectivity index is 1.42. The maximum absolute atomic E-state index is 13.6. The van der Waals surface area contributed by atoms with Crippen molar-refractivity contribution in [1.29, 1.82) is 0 Å². The van der Waals surface area contributed by atoms with Crippen molar-refractivity contribution in [2.45, 2.75) is 44.3 Å². The highest BCUT2D eigenvalue weighted by molar-refractivity contribution is 6.31. The minimum atomic E-state index is -0.477. The van der Waals surface area contributed by atoms with Gasteiger partial charge in [-0.2, -0.15) is 0 Å². The van der Waals surface area contributed by atoms with Crippen LogP contribution < -0.4 is 10.6 Å². The van der Waals surface area contributed by atoms with Crippen molar-refractivity contribution in [3.8, 4) is 0 Å². The fourth-order valence-corrected chi connectivity index (χ4v) is 4.22. The van der Waals surface area contributed by atoms with Crippen molar-refractivity contribution in [3.05, 3.63) is 34.7 Å². The molecule has 2 aliphatic rings. The highest BCUT2D eigenvalue weighted by Gasteiger charge is 2.39. The minimum Gasteiger partial charge on any atom is -0.357 e. The van der Waals surface area contributed by atoms with E-state index in [0.717, 1.165) is 36.8 Å². The number of urea groups is 2. The third-order valence-electron chi connectivity index (χ3n) is 5.61. The number of amides is 4. The molecular weight excluding hydrogens is 397 g/mol. The number of aromatic nitrogens is 1. The topological polar surface area (TPSA) is 80.5 Å². The van der Waals surface area contributed by atoms with E-state index in [0.29, 0.717) is 25.2 Å². The molecule has 1 aliphatic heterocycles. The summed E-state index contributed by atoms with van der Waals surface area (Å²) in [5.41, 5.74) is 1.42. The molecule has 1 saturated heterocycles. The van der Waals surface area contributed by atoms with Gasteiger partial charge in [0.1, 0.15) is 5.82 Å². The standard InChI is InChI=1S/C20H25ClFN5O2/c1-23-19(28)26-6-2-3-15(11-26)27(14-4-5-14)20(29)24-10-13-7-12-8-16(21)17(22)9-18(12)25-13/h7-9,14-15,25H,2-6,10-11H2,1H3,(H,23,28)(H,24,29)/t15-/m1/s1. The Hall–Kier alpha value is -2.48. The molecule has 1 aromatic heterocycles. The molecule has 2 aromatic rings. The van der Waals surface area contributed by atoms with E-state index in [-0.39, 0.29) is 29.2 Å². The average Bonchev–Trinajstić information content (AvgIpc) is 3.47. The lowest BCUT2D eigenvalue weighted by molar-refractivity contribution is 0.116. The Bertz CT molecular complexity index is 890. The number of hydrogen-bond acceptors (Lipinski definition) is 2. The van der Waals surface area contributed by atoms with E-state index in [9.17, 15) is 14.0 Å². The first-order chi connectivity index (χ1) is 14.0. The Labute approximate surface area is 173 Å². The highest BCUT2D eigenvalue weighted by atomic mass is 35.5. The number of rotatable bonds is 4. The summed E-state index contributed by atoms with van der Waals surface area (Å²) in [5, 5.41) is 6.51. The first-order valence-corrected chi connectivity index (χ1v) is 10.3. The van der Waals surface area contributed by atoms with Crippen molar-refractivity contribution < 1.29 is 14.0 Å². The SMILES string of the molecule is CNC(=O)N1CCC[C@@H](N(C(=O)NCc2cc3cc(Cl)c(F)cc3[nH]2)C2CC2)C1. The molecule has 0 radical (unpaired) electrons. The molecule has 3 N–H and O–H groups in total. The molecule has 156 valence electrons. The number of aromatic amines is 1. The van der Waals surface area contributed by atoms with Gasteiger partial charge < -0.3 is 25.4 Å². The molecule has 2 fully saturated rings. The molecule has 2 heterocycles. The van der Waals surface area contributed by atoms with Crippen LogP contribution in [0.2, 0.25) is 5.02 Å². The molecule has 1 saturated carbocycles. The number of hydrogen-bond donors (Lipinski definition) is 3. The van der Waals surface area contributed by atoms with E-state index in [2.05, 4.69) is 15.6 Å². The minimum absolute atomic E-state index is 0.0177. The summed E-state index contributed by atoms with van der Waals surface area (Å²) in [4.78, 5) is 31.8. The predicted octanol–water partition coefficient (Wildman–Crippen LogP) is 3.44. The number of carbonyl (C=O) groups excluding carboxylic acids is 2. The van der Waals surface area contributed by atoms with E-state index in [1.807, 2.05) is 11.0 Å². The second-order valence-electron chi connectivity index (χ2n) is 7.74. The third-order valence-corrected chi connectivity index (χ3v) is 5.90. The van der Waals surface area contributed by atoms with E-state index < -0.39 is 5.82 Å². The zero-order chi connectivity index (χ0) is 20.5. The van der Waals surface area contributed by atoms with Gasteiger partial charge in [-0.05, 0) is 43.9 Å². The van der Waals surface area contributed by atoms with Gasteiger partial charge in [0, 0.05) is 42.8 Å². The van der Waals surface area contributed by atoms with Crippen molar-refractivity contribution in [3.63, 3.8) is 0 Å². The summed E-state index contributed by atoms with van der Waals surface area (Å²) in [6, 6.07) is 4.81. The number of piperidine rings is 1. The zero-order valence-corrected chi connectivity index (χ0v) is 17.1. The first-order valence-electron chi connectivity index (χ1n) is 9.95. The summed E-state index contributed by atoms with van der Waals surface area (Å²) in [6.45, 7) is 1.57. The van der Waals surface area contributed by atoms with Gasteiger partial charge in [0.25, 0.3) is 0 Å². The first kappa shape index (κ1) is 19.8. The van der Waals surface area contributed by atoms with Gasteiger partial charge >= 0.3 is 12.1 Å². The van der Waals surface area contributed by atoms with Gasteiger partial charge in [-0.1, -0.05) is 11.6 Å². The van der Waals surface area contributed by atoms with Gasteiger partial charge in [-0.15, -0.1) is 0 Å². The molecule has 9 heteroatoms. The van der Waals surface area contributed by atoms with Crippen LogP contribution in [0.1, 0.15) is 31.4 Å². The van der Waals surface area contributed by atoms with Crippen LogP contribution in [0, 0.1) is 5.82 Å². The third kappa shape index (κ3) is 4.27. The summed E-state index contributed by atoms with van der Waals surface area (Å²) in [7, 11) is 1.62. The molecule has 1 aliphatic carbocycles. The molecule has 1 aromatic carbocycles. The maximum atomic E-state index is 13.6. The largest absolute Gasteiger partial charge is 0.357 e. The van der Waals surface area contributed by atoms with Crippen LogP contribution in [0.5, 0.6) is 0 Å². The number of benzene rings is 1. The second-order valence-corrected chi connectivity index (χ2v) is 8.15. The van der Waals surface area contributed by atoms with Crippen LogP contribution in [-0.4, -0.2) is 59.1 Å². The molecule has 0 bridgehead atoms. The number of likely N-dealkylation sites (tertiary alicyclic amines) is 1. The van der Waals surface area contributed by atoms with Crippen molar-refractivity contribution in [2.24, 2.45) is 0 Å². The summed E-state index contributed by atoms with van der Waals surface area (Å²) < 4.78 is 13.6. The van der Waals surface area contributed by atoms with Crippen LogP contribution >= 0.6 is 11.6 Å². The Morgan fingerprint density at radius 1 is 1.28 bits per heavy atom. The van der Waals surface area contributed by atoms with Crippen LogP contribution in [0.3, 0.4) is 0 Å². The monoisotopic (exact) mass is 421 g/mol. The molecule has 4 amide bonds. The molecular formula is C20H25ClFN5O2. The van der Waals surface area contributed by atoms with Crippen molar-refractivity contribution >= 4 is 34.6 Å². The van der Waals surface area contributed by atoms with Gasteiger partial charge in [-0.25, -0.2) is 14.0 Å². The van der Waals surface area contributed by atoms with Crippen molar-refractivity contribution in [2.75, 3.05) is 20.1 Å². The van der Waals surface area contributed by atoms with E-state index >= 15 is 0 Å². The average molecular weight is 422 g/mol. The fraction of sp³-hybridized carbons (Fsp3) is 0.500. The molecule has 29 heavy (non-hydrogen) atoms. The smallest absolute Gasteiger partial charge is 0.318 e. The second kappa shape index (κ2) is 8.10. The Morgan fingerprint density at radius 2 is 2.07 bits per heavy atom. The molecule has 7 nitrogen and oxygen atoms in total. The zero-order valence-electron chi connectivity index (χ0n) is 16.3. The predicted molar refractivity (Wildman–Crippen MR) is 109 cm³/mol. The number of fused-ring (bicyclic) bond motifs is 1. The summed E-state index contributed by atoms with van der Waals surface area (Å²) >= 11 is 5.84. The molecule has 1 atom stereocenters. The van der Waals surface area contributed by atoms with Gasteiger partial charge in [0.2, 0.25) is 0 Å². The van der Waals surface area contributed by atoms with Gasteiger partial charge in [0.05, 0.1) is 17.6 Å². The van der Waals surface area contributed by atoms with Crippen LogP contribution in [0.4, 0.5) is 14.0 Å². The lowest BCUT2D eigenvalue weighted by Gasteiger charge is -2.39. The van der Waals surface area contributed by atoms with Crippen LogP contribution in [0.25, 0.3) is 10.9 Å². The van der Waals surface area contributed by atoms with Crippen LogP contribution in [0.15, 0.2) is 18.2 Å². The molecule has 0 unspecified atom stereocenters. The number of halogens is 2. The van der Waals surface area contributed by atoms with E-state index in [1.54, 1.807) is 18.0 Å². The maximum Gasteiger partial charge on any atom is 0.318 e. The lowest BCUT2D eigenvalue weighted by atomic mass is 10.0. The number of carbonyl (C=O) groups is 2. The number of nitrogens with zero attached hydrogens (tertiary/aromatic N) is 2. The van der Waals surface area contributed by atoms with E-state index in [4.69, 9.17) is 11.6 Å². The Morgan fingerprint density at radius 3 is 2.79 bits per heavy atom. The fourth-order valence-electron chi connectivity index (χ4n) is 4.05. The number of H-pyrrole nitrogens is 1. The lowest BCUT2D eigenvalue weighted by Crippen LogP contribution is -2.56. The molecule has 4 rings (SSSR count). The van der Waals surface area contributed by atoms with E-state index in [1.165, 1.54) is 6.07 Å².